The van der Waals surface area contributed by atoms with Crippen LogP contribution in [0.4, 0.5) is 4.39 Å². The van der Waals surface area contributed by atoms with Gasteiger partial charge in [-0.15, -0.1) is 0 Å². The molecule has 24 heavy (non-hydrogen) atoms. The zero-order valence-electron chi connectivity index (χ0n) is 13.9. The number of aliphatic imine (C=N–C) groups is 2. The van der Waals surface area contributed by atoms with E-state index in [1.807, 2.05) is 30.3 Å². The molecule has 1 aromatic rings. The molecule has 128 valence electrons. The van der Waals surface area contributed by atoms with E-state index in [-0.39, 0.29) is 17.6 Å². The van der Waals surface area contributed by atoms with Crippen molar-refractivity contribution in [3.8, 4) is 0 Å². The number of rotatable bonds is 6. The molecule has 1 aromatic carbocycles. The molecule has 1 fully saturated rings. The first-order valence-electron chi connectivity index (χ1n) is 8.08. The molecular weight excluding hydrogens is 307 g/mol. The number of piperidine rings is 1. The molecule has 1 amide bonds. The predicted octanol–water partition coefficient (Wildman–Crippen LogP) is 2.68. The molecule has 5 nitrogen and oxygen atoms in total. The lowest BCUT2D eigenvalue weighted by atomic mass is 9.97. The first-order chi connectivity index (χ1) is 11.6. The lowest BCUT2D eigenvalue weighted by Gasteiger charge is -2.32. The number of nitrogens with zero attached hydrogens (tertiary/aromatic N) is 3. The molecule has 1 aliphatic heterocycles. The minimum atomic E-state index is -0.505. The Morgan fingerprint density at radius 1 is 1.42 bits per heavy atom. The van der Waals surface area contributed by atoms with Crippen molar-refractivity contribution in [3.05, 3.63) is 47.5 Å². The molecule has 0 aliphatic carbocycles. The van der Waals surface area contributed by atoms with Gasteiger partial charge >= 0.3 is 0 Å². The summed E-state index contributed by atoms with van der Waals surface area (Å²) in [5.74, 6) is -0.915. The summed E-state index contributed by atoms with van der Waals surface area (Å²) in [5.41, 5.74) is 6.39. The van der Waals surface area contributed by atoms with Gasteiger partial charge in [-0.2, -0.15) is 0 Å². The topological polar surface area (TPSA) is 71.1 Å². The van der Waals surface area contributed by atoms with Gasteiger partial charge in [0.2, 0.25) is 5.91 Å². The fourth-order valence-corrected chi connectivity index (χ4v) is 2.69. The molecule has 1 unspecified atom stereocenters. The number of nitrogens with two attached hydrogens (primary N) is 1. The van der Waals surface area contributed by atoms with Crippen molar-refractivity contribution < 1.29 is 9.18 Å². The van der Waals surface area contributed by atoms with Crippen molar-refractivity contribution in [3.63, 3.8) is 0 Å². The monoisotopic (exact) mass is 330 g/mol. The van der Waals surface area contributed by atoms with Crippen molar-refractivity contribution >= 4 is 18.3 Å². The van der Waals surface area contributed by atoms with Crippen LogP contribution >= 0.6 is 0 Å². The van der Waals surface area contributed by atoms with Gasteiger partial charge in [0.25, 0.3) is 0 Å². The molecule has 6 heteroatoms. The number of hydrogen-bond donors (Lipinski definition) is 1. The smallest absolute Gasteiger partial charge is 0.222 e. The molecule has 0 bridgehead atoms. The maximum atomic E-state index is 14.5. The summed E-state index contributed by atoms with van der Waals surface area (Å²) in [5, 5.41) is 0. The van der Waals surface area contributed by atoms with Crippen LogP contribution in [0.25, 0.3) is 0 Å². The van der Waals surface area contributed by atoms with Gasteiger partial charge < -0.3 is 10.6 Å². The Morgan fingerprint density at radius 3 is 2.83 bits per heavy atom. The minimum Gasteiger partial charge on any atom is -0.369 e. The summed E-state index contributed by atoms with van der Waals surface area (Å²) in [6.45, 7) is 3.17. The largest absolute Gasteiger partial charge is 0.369 e. The Balaban J connectivity index is 2.11. The van der Waals surface area contributed by atoms with Gasteiger partial charge in [0.1, 0.15) is 0 Å². The van der Waals surface area contributed by atoms with Crippen molar-refractivity contribution in [1.82, 2.24) is 4.90 Å². The van der Waals surface area contributed by atoms with E-state index in [0.717, 1.165) is 18.4 Å². The Morgan fingerprint density at radius 2 is 2.17 bits per heavy atom. The normalized spacial score (nSPS) is 19.8. The standard InChI is InChI=1S/C18H23FN4O/c1-2-22-18(23-10-6-9-15(13-23)17(20)24)16(19)12-21-11-14-7-4-3-5-8-14/h2-5,7-8,12,15H,6,9-11,13H2,1H3,(H2,20,24)/b18-16-,21-12?,22-2-. The van der Waals surface area contributed by atoms with E-state index in [9.17, 15) is 9.18 Å². The zero-order chi connectivity index (χ0) is 17.4. The highest BCUT2D eigenvalue weighted by Gasteiger charge is 2.26. The molecule has 1 atom stereocenters. The van der Waals surface area contributed by atoms with E-state index in [1.54, 1.807) is 11.8 Å². The van der Waals surface area contributed by atoms with E-state index in [0.29, 0.717) is 19.6 Å². The highest BCUT2D eigenvalue weighted by Crippen LogP contribution is 2.22. The second-order valence-corrected chi connectivity index (χ2v) is 5.70. The van der Waals surface area contributed by atoms with Gasteiger partial charge in [0, 0.05) is 19.3 Å². The number of benzene rings is 1. The second kappa shape index (κ2) is 8.96. The van der Waals surface area contributed by atoms with Crippen LogP contribution < -0.4 is 5.73 Å². The average Bonchev–Trinajstić information content (AvgIpc) is 2.60. The fraction of sp³-hybridized carbons (Fsp3) is 0.389. The van der Waals surface area contributed by atoms with Gasteiger partial charge in [-0.05, 0) is 25.3 Å². The van der Waals surface area contributed by atoms with Crippen LogP contribution in [0.3, 0.4) is 0 Å². The quantitative estimate of drug-likeness (QED) is 0.815. The summed E-state index contributed by atoms with van der Waals surface area (Å²) >= 11 is 0. The third-order valence-electron chi connectivity index (χ3n) is 3.91. The first-order valence-corrected chi connectivity index (χ1v) is 8.08. The van der Waals surface area contributed by atoms with Crippen LogP contribution in [0, 0.1) is 5.92 Å². The van der Waals surface area contributed by atoms with E-state index in [1.165, 1.54) is 12.4 Å². The number of carbonyl (C=O) groups excluding carboxylic acids is 1. The van der Waals surface area contributed by atoms with Gasteiger partial charge in [-0.25, -0.2) is 9.38 Å². The van der Waals surface area contributed by atoms with E-state index >= 15 is 0 Å². The zero-order valence-corrected chi connectivity index (χ0v) is 13.9. The molecule has 0 aromatic heterocycles. The Bertz CT molecular complexity index is 640. The summed E-state index contributed by atoms with van der Waals surface area (Å²) in [6, 6.07) is 9.63. The van der Waals surface area contributed by atoms with Crippen molar-refractivity contribution in [2.75, 3.05) is 13.1 Å². The molecule has 1 heterocycles. The molecule has 0 radical (unpaired) electrons. The maximum Gasteiger partial charge on any atom is 0.222 e. The van der Waals surface area contributed by atoms with Crippen LogP contribution in [0.2, 0.25) is 0 Å². The molecule has 0 saturated carbocycles. The SMILES string of the molecule is C/C=N\C(=C(\F)C=NCc1ccccc1)N1CCCC(C(N)=O)C1. The van der Waals surface area contributed by atoms with Gasteiger partial charge in [0.15, 0.2) is 11.6 Å². The summed E-state index contributed by atoms with van der Waals surface area (Å²) in [4.78, 5) is 21.4. The molecule has 2 rings (SSSR count). The average molecular weight is 330 g/mol. The van der Waals surface area contributed by atoms with Crippen molar-refractivity contribution in [2.45, 2.75) is 26.3 Å². The number of halogens is 1. The van der Waals surface area contributed by atoms with Crippen LogP contribution in [0.1, 0.15) is 25.3 Å². The van der Waals surface area contributed by atoms with Crippen LogP contribution in [0.5, 0.6) is 0 Å². The van der Waals surface area contributed by atoms with Gasteiger partial charge in [-0.3, -0.25) is 9.79 Å². The number of primary amides is 1. The molecule has 0 spiro atoms. The fourth-order valence-electron chi connectivity index (χ4n) is 2.69. The molecule has 2 N–H and O–H groups in total. The number of likely N-dealkylation sites (tertiary alicyclic amines) is 1. The van der Waals surface area contributed by atoms with Crippen LogP contribution in [-0.4, -0.2) is 36.3 Å². The van der Waals surface area contributed by atoms with Gasteiger partial charge in [-0.1, -0.05) is 30.3 Å². The molecule has 1 saturated heterocycles. The number of hydrogen-bond acceptors (Lipinski definition) is 4. The lowest BCUT2D eigenvalue weighted by Crippen LogP contribution is -2.40. The maximum absolute atomic E-state index is 14.5. The highest BCUT2D eigenvalue weighted by atomic mass is 19.1. The second-order valence-electron chi connectivity index (χ2n) is 5.70. The van der Waals surface area contributed by atoms with E-state index in [2.05, 4.69) is 9.98 Å². The summed E-state index contributed by atoms with van der Waals surface area (Å²) < 4.78 is 14.5. The summed E-state index contributed by atoms with van der Waals surface area (Å²) in [6.07, 6.45) is 4.25. The lowest BCUT2D eigenvalue weighted by molar-refractivity contribution is -0.123. The van der Waals surface area contributed by atoms with Crippen molar-refractivity contribution in [2.24, 2.45) is 21.6 Å². The van der Waals surface area contributed by atoms with Crippen LogP contribution in [0.15, 0.2) is 52.0 Å². The molecule has 1 aliphatic rings. The number of carbonyl (C=O) groups is 1. The first kappa shape index (κ1) is 17.8. The van der Waals surface area contributed by atoms with E-state index in [4.69, 9.17) is 5.73 Å². The predicted molar refractivity (Wildman–Crippen MR) is 94.4 cm³/mol. The number of amides is 1. The Kier molecular flexibility index (Phi) is 6.66. The Labute approximate surface area is 141 Å². The minimum absolute atomic E-state index is 0.209. The van der Waals surface area contributed by atoms with E-state index < -0.39 is 5.83 Å². The highest BCUT2D eigenvalue weighted by molar-refractivity contribution is 5.78. The molecular formula is C18H23FN4O. The third kappa shape index (κ3) is 5.01. The van der Waals surface area contributed by atoms with Crippen molar-refractivity contribution in [1.29, 1.82) is 0 Å². The third-order valence-corrected chi connectivity index (χ3v) is 3.91. The Hall–Kier alpha value is -2.50. The van der Waals surface area contributed by atoms with Crippen LogP contribution in [-0.2, 0) is 11.3 Å². The summed E-state index contributed by atoms with van der Waals surface area (Å²) in [7, 11) is 0. The number of allylic oxidation sites excluding steroid dienone is 1. The van der Waals surface area contributed by atoms with Gasteiger partial charge in [0.05, 0.1) is 18.7 Å².